The van der Waals surface area contributed by atoms with Crippen molar-refractivity contribution in [3.8, 4) is 0 Å². The molecule has 0 aromatic carbocycles. The number of rotatable bonds is 3. The second-order valence-electron chi connectivity index (χ2n) is 3.32. The lowest BCUT2D eigenvalue weighted by atomic mass is 10.2. The van der Waals surface area contributed by atoms with Crippen LogP contribution in [0.2, 0.25) is 10.3 Å². The van der Waals surface area contributed by atoms with Gasteiger partial charge < -0.3 is 9.73 Å². The van der Waals surface area contributed by atoms with Crippen LogP contribution < -0.4 is 5.32 Å². The Hall–Kier alpha value is -1.52. The highest BCUT2D eigenvalue weighted by atomic mass is 35.5. The lowest BCUT2D eigenvalue weighted by molar-refractivity contribution is 0.0951. The van der Waals surface area contributed by atoms with E-state index in [1.165, 1.54) is 12.1 Å². The molecule has 0 aliphatic carbocycles. The largest absolute Gasteiger partial charge is 0.472 e. The van der Waals surface area contributed by atoms with Gasteiger partial charge in [0.05, 0.1) is 12.5 Å². The van der Waals surface area contributed by atoms with Gasteiger partial charge in [-0.2, -0.15) is 0 Å². The first-order valence-electron chi connectivity index (χ1n) is 4.77. The molecule has 2 aromatic heterocycles. The van der Waals surface area contributed by atoms with Crippen molar-refractivity contribution < 1.29 is 9.21 Å². The van der Waals surface area contributed by atoms with Crippen molar-refractivity contribution in [2.75, 3.05) is 0 Å². The quantitative estimate of drug-likeness (QED) is 0.873. The van der Waals surface area contributed by atoms with Crippen LogP contribution in [0, 0.1) is 0 Å². The van der Waals surface area contributed by atoms with Crippen molar-refractivity contribution >= 4 is 29.1 Å². The molecule has 88 valence electrons. The Labute approximate surface area is 108 Å². The summed E-state index contributed by atoms with van der Waals surface area (Å²) in [5.41, 5.74) is 1.25. The predicted octanol–water partition coefficient (Wildman–Crippen LogP) is 2.91. The summed E-state index contributed by atoms with van der Waals surface area (Å²) in [6, 6.07) is 4.68. The third-order valence-electron chi connectivity index (χ3n) is 2.06. The highest BCUT2D eigenvalue weighted by molar-refractivity contribution is 6.33. The summed E-state index contributed by atoms with van der Waals surface area (Å²) in [6.45, 7) is 0.382. The number of carbonyl (C=O) groups is 1. The van der Waals surface area contributed by atoms with Crippen molar-refractivity contribution in [3.63, 3.8) is 0 Å². The molecule has 0 spiro atoms. The normalized spacial score (nSPS) is 10.2. The van der Waals surface area contributed by atoms with E-state index >= 15 is 0 Å². The number of hydrogen-bond acceptors (Lipinski definition) is 3. The Balaban J connectivity index is 2.04. The van der Waals surface area contributed by atoms with Crippen LogP contribution in [0.1, 0.15) is 15.9 Å². The summed E-state index contributed by atoms with van der Waals surface area (Å²) in [5, 5.41) is 3.08. The summed E-state index contributed by atoms with van der Waals surface area (Å²) in [6.07, 6.45) is 3.11. The van der Waals surface area contributed by atoms with Gasteiger partial charge in [0.1, 0.15) is 10.3 Å². The monoisotopic (exact) mass is 270 g/mol. The fraction of sp³-hybridized carbons (Fsp3) is 0.0909. The number of carbonyl (C=O) groups excluding carboxylic acids is 1. The van der Waals surface area contributed by atoms with E-state index in [2.05, 4.69) is 10.3 Å². The van der Waals surface area contributed by atoms with Gasteiger partial charge in [0, 0.05) is 17.7 Å². The van der Waals surface area contributed by atoms with E-state index in [1.54, 1.807) is 18.6 Å². The average molecular weight is 271 g/mol. The number of halogens is 2. The van der Waals surface area contributed by atoms with Gasteiger partial charge in [-0.15, -0.1) is 0 Å². The number of nitrogens with one attached hydrogen (secondary N) is 1. The highest BCUT2D eigenvalue weighted by Crippen LogP contribution is 2.14. The molecule has 2 heterocycles. The Morgan fingerprint density at radius 3 is 2.65 bits per heavy atom. The third kappa shape index (κ3) is 3.22. The van der Waals surface area contributed by atoms with E-state index in [9.17, 15) is 4.79 Å². The van der Waals surface area contributed by atoms with Gasteiger partial charge in [-0.1, -0.05) is 23.2 Å². The molecule has 6 heteroatoms. The summed E-state index contributed by atoms with van der Waals surface area (Å²) in [5.74, 6) is -0.266. The first kappa shape index (κ1) is 12.0. The standard InChI is InChI=1S/C11H8Cl2N2O2/c12-9-3-8(4-10(13)15-9)11(16)14-5-7-1-2-17-6-7/h1-4,6H,5H2,(H,14,16). The number of amides is 1. The Morgan fingerprint density at radius 2 is 2.06 bits per heavy atom. The zero-order valence-electron chi connectivity index (χ0n) is 8.61. The zero-order valence-corrected chi connectivity index (χ0v) is 10.1. The molecular formula is C11H8Cl2N2O2. The molecule has 2 aromatic rings. The van der Waals surface area contributed by atoms with Crippen LogP contribution >= 0.6 is 23.2 Å². The average Bonchev–Trinajstić information content (AvgIpc) is 2.77. The van der Waals surface area contributed by atoms with Gasteiger partial charge in [0.15, 0.2) is 0 Å². The van der Waals surface area contributed by atoms with Crippen molar-refractivity contribution in [3.05, 3.63) is 52.2 Å². The van der Waals surface area contributed by atoms with Crippen LogP contribution in [-0.4, -0.2) is 10.9 Å². The summed E-state index contributed by atoms with van der Waals surface area (Å²) >= 11 is 11.4. The van der Waals surface area contributed by atoms with Crippen molar-refractivity contribution in [1.29, 1.82) is 0 Å². The van der Waals surface area contributed by atoms with Gasteiger partial charge >= 0.3 is 0 Å². The van der Waals surface area contributed by atoms with Crippen LogP contribution in [-0.2, 0) is 6.54 Å². The predicted molar refractivity (Wildman–Crippen MR) is 64.1 cm³/mol. The molecule has 1 N–H and O–H groups in total. The first-order chi connectivity index (χ1) is 8.15. The molecule has 0 aliphatic rings. The third-order valence-corrected chi connectivity index (χ3v) is 2.45. The van der Waals surface area contributed by atoms with Gasteiger partial charge in [-0.05, 0) is 18.2 Å². The molecule has 0 radical (unpaired) electrons. The maximum atomic E-state index is 11.8. The zero-order chi connectivity index (χ0) is 12.3. The number of pyridine rings is 1. The lowest BCUT2D eigenvalue weighted by Gasteiger charge is -2.04. The number of hydrogen-bond donors (Lipinski definition) is 1. The molecule has 0 atom stereocenters. The van der Waals surface area contributed by atoms with E-state index in [-0.39, 0.29) is 16.2 Å². The van der Waals surface area contributed by atoms with Gasteiger partial charge in [0.25, 0.3) is 5.91 Å². The van der Waals surface area contributed by atoms with Crippen molar-refractivity contribution in [2.45, 2.75) is 6.54 Å². The molecule has 0 fully saturated rings. The van der Waals surface area contributed by atoms with Crippen LogP contribution in [0.15, 0.2) is 35.1 Å². The summed E-state index contributed by atoms with van der Waals surface area (Å²) < 4.78 is 4.89. The molecule has 2 rings (SSSR count). The topological polar surface area (TPSA) is 55.1 Å². The smallest absolute Gasteiger partial charge is 0.251 e. The van der Waals surface area contributed by atoms with E-state index in [0.717, 1.165) is 5.56 Å². The molecular weight excluding hydrogens is 263 g/mol. The second kappa shape index (κ2) is 5.21. The Bertz CT molecular complexity index is 506. The lowest BCUT2D eigenvalue weighted by Crippen LogP contribution is -2.22. The highest BCUT2D eigenvalue weighted by Gasteiger charge is 2.08. The van der Waals surface area contributed by atoms with Crippen LogP contribution in [0.25, 0.3) is 0 Å². The van der Waals surface area contributed by atoms with Gasteiger partial charge in [0.2, 0.25) is 0 Å². The molecule has 0 unspecified atom stereocenters. The number of furan rings is 1. The maximum Gasteiger partial charge on any atom is 0.251 e. The van der Waals surface area contributed by atoms with Crippen LogP contribution in [0.5, 0.6) is 0 Å². The molecule has 0 saturated carbocycles. The molecule has 0 bridgehead atoms. The minimum absolute atomic E-state index is 0.186. The van der Waals surface area contributed by atoms with E-state index < -0.39 is 0 Å². The van der Waals surface area contributed by atoms with Crippen molar-refractivity contribution in [1.82, 2.24) is 10.3 Å². The Morgan fingerprint density at radius 1 is 1.35 bits per heavy atom. The Kier molecular flexibility index (Phi) is 3.66. The minimum Gasteiger partial charge on any atom is -0.472 e. The fourth-order valence-corrected chi connectivity index (χ4v) is 1.73. The van der Waals surface area contributed by atoms with Crippen molar-refractivity contribution in [2.24, 2.45) is 0 Å². The molecule has 4 nitrogen and oxygen atoms in total. The summed E-state index contributed by atoms with van der Waals surface area (Å²) in [4.78, 5) is 15.5. The van der Waals surface area contributed by atoms with Crippen LogP contribution in [0.4, 0.5) is 0 Å². The van der Waals surface area contributed by atoms with Gasteiger partial charge in [-0.25, -0.2) is 4.98 Å². The minimum atomic E-state index is -0.266. The molecule has 17 heavy (non-hydrogen) atoms. The second-order valence-corrected chi connectivity index (χ2v) is 4.09. The number of aromatic nitrogens is 1. The molecule has 0 aliphatic heterocycles. The number of nitrogens with zero attached hydrogens (tertiary/aromatic N) is 1. The van der Waals surface area contributed by atoms with E-state index in [1.807, 2.05) is 0 Å². The van der Waals surface area contributed by atoms with Crippen LogP contribution in [0.3, 0.4) is 0 Å². The first-order valence-corrected chi connectivity index (χ1v) is 5.53. The maximum absolute atomic E-state index is 11.8. The SMILES string of the molecule is O=C(NCc1ccoc1)c1cc(Cl)nc(Cl)c1. The van der Waals surface area contributed by atoms with Gasteiger partial charge in [-0.3, -0.25) is 4.79 Å². The van der Waals surface area contributed by atoms with E-state index in [0.29, 0.717) is 12.1 Å². The molecule has 0 saturated heterocycles. The molecule has 1 amide bonds. The fourth-order valence-electron chi connectivity index (χ4n) is 1.27. The summed E-state index contributed by atoms with van der Waals surface area (Å²) in [7, 11) is 0. The van der Waals surface area contributed by atoms with E-state index in [4.69, 9.17) is 27.6 Å².